The van der Waals surface area contributed by atoms with Crippen LogP contribution in [0.4, 0.5) is 0 Å². The minimum atomic E-state index is 0.127. The van der Waals surface area contributed by atoms with Crippen LogP contribution >= 0.6 is 0 Å². The number of carbonyl (C=O) groups excluding carboxylic acids is 1. The summed E-state index contributed by atoms with van der Waals surface area (Å²) < 4.78 is 0. The first-order valence-electron chi connectivity index (χ1n) is 4.57. The van der Waals surface area contributed by atoms with Crippen LogP contribution in [0.3, 0.4) is 0 Å². The van der Waals surface area contributed by atoms with Crippen LogP contribution in [-0.4, -0.2) is 5.78 Å². The molecule has 0 saturated heterocycles. The van der Waals surface area contributed by atoms with E-state index in [1.807, 2.05) is 24.3 Å². The number of ketones is 1. The maximum Gasteiger partial charge on any atom is 0.163 e. The topological polar surface area (TPSA) is 17.1 Å². The second kappa shape index (κ2) is 5.18. The van der Waals surface area contributed by atoms with Crippen LogP contribution in [0, 0.1) is 6.58 Å². The molecule has 0 atom stereocenters. The number of hydrogen-bond donors (Lipinski definition) is 0. The minimum Gasteiger partial charge on any atom is -0.294 e. The van der Waals surface area contributed by atoms with Crippen LogP contribution < -0.4 is 0 Å². The summed E-state index contributed by atoms with van der Waals surface area (Å²) in [7, 11) is 0. The second-order valence-electron chi connectivity index (χ2n) is 3.02. The lowest BCUT2D eigenvalue weighted by Gasteiger charge is -1.99. The monoisotopic (exact) mass is 185 g/mol. The summed E-state index contributed by atoms with van der Waals surface area (Å²) in [5.41, 5.74) is 1.75. The molecule has 0 unspecified atom stereocenters. The van der Waals surface area contributed by atoms with E-state index in [1.54, 1.807) is 6.08 Å². The number of benzene rings is 1. The lowest BCUT2D eigenvalue weighted by atomic mass is 10.0. The van der Waals surface area contributed by atoms with Crippen molar-refractivity contribution in [1.82, 2.24) is 0 Å². The normalized spacial score (nSPS) is 9.43. The van der Waals surface area contributed by atoms with Crippen molar-refractivity contribution in [3.63, 3.8) is 0 Å². The number of rotatable bonds is 5. The van der Waals surface area contributed by atoms with Crippen molar-refractivity contribution in [1.29, 1.82) is 0 Å². The average Bonchev–Trinajstić information content (AvgIpc) is 2.26. The first-order chi connectivity index (χ1) is 6.77. The van der Waals surface area contributed by atoms with E-state index in [9.17, 15) is 4.79 Å². The fourth-order valence-electron chi connectivity index (χ4n) is 1.16. The smallest absolute Gasteiger partial charge is 0.163 e. The van der Waals surface area contributed by atoms with Gasteiger partial charge in [-0.05, 0) is 12.0 Å². The number of carbonyl (C=O) groups is 1. The average molecular weight is 185 g/mol. The number of allylic oxidation sites excluding steroid dienone is 1. The Balaban J connectivity index is 2.71. The zero-order chi connectivity index (χ0) is 10.4. The van der Waals surface area contributed by atoms with Crippen LogP contribution in [0.2, 0.25) is 0 Å². The minimum absolute atomic E-state index is 0.127. The van der Waals surface area contributed by atoms with Crippen LogP contribution in [0.1, 0.15) is 28.8 Å². The van der Waals surface area contributed by atoms with E-state index in [1.165, 1.54) is 6.08 Å². The molecule has 0 aliphatic rings. The first kappa shape index (κ1) is 10.5. The number of Topliss-reactive ketones (excluding diaryl/α,β-unsaturated/α-hetero) is 1. The third-order valence-corrected chi connectivity index (χ3v) is 2.01. The highest BCUT2D eigenvalue weighted by Gasteiger charge is 2.03. The molecule has 14 heavy (non-hydrogen) atoms. The molecule has 0 heterocycles. The van der Waals surface area contributed by atoms with E-state index in [0.717, 1.165) is 11.1 Å². The predicted molar refractivity (Wildman–Crippen MR) is 59.0 cm³/mol. The summed E-state index contributed by atoms with van der Waals surface area (Å²) in [5.74, 6) is 0.127. The van der Waals surface area contributed by atoms with Crippen molar-refractivity contribution in [3.8, 4) is 0 Å². The van der Waals surface area contributed by atoms with Gasteiger partial charge in [-0.2, -0.15) is 0 Å². The van der Waals surface area contributed by atoms with Crippen molar-refractivity contribution in [2.75, 3.05) is 0 Å². The third-order valence-electron chi connectivity index (χ3n) is 2.01. The maximum absolute atomic E-state index is 11.5. The van der Waals surface area contributed by atoms with Gasteiger partial charge in [0.2, 0.25) is 0 Å². The van der Waals surface area contributed by atoms with Crippen molar-refractivity contribution in [3.05, 3.63) is 54.6 Å². The quantitative estimate of drug-likeness (QED) is 0.643. The van der Waals surface area contributed by atoms with Crippen LogP contribution in [0.5, 0.6) is 0 Å². The summed E-state index contributed by atoms with van der Waals surface area (Å²) in [6.45, 7) is 8.86. The molecule has 0 spiro atoms. The highest BCUT2D eigenvalue weighted by atomic mass is 16.1. The van der Waals surface area contributed by atoms with E-state index in [0.29, 0.717) is 12.8 Å². The van der Waals surface area contributed by atoms with Gasteiger partial charge >= 0.3 is 0 Å². The van der Waals surface area contributed by atoms with Gasteiger partial charge < -0.3 is 0 Å². The molecule has 0 fully saturated rings. The molecule has 1 nitrogen and oxygen atoms in total. The number of hydrogen-bond acceptors (Lipinski definition) is 1. The molecule has 0 bridgehead atoms. The van der Waals surface area contributed by atoms with Gasteiger partial charge in [0.1, 0.15) is 0 Å². The zero-order valence-electron chi connectivity index (χ0n) is 8.07. The van der Waals surface area contributed by atoms with Gasteiger partial charge in [0.25, 0.3) is 0 Å². The molecule has 0 amide bonds. The molecule has 0 N–H and O–H groups in total. The Labute approximate surface area is 84.8 Å². The van der Waals surface area contributed by atoms with Gasteiger partial charge in [-0.15, -0.1) is 0 Å². The summed E-state index contributed by atoms with van der Waals surface area (Å²) in [5, 5.41) is 0. The Kier molecular flexibility index (Phi) is 3.86. The molecule has 1 aromatic carbocycles. The maximum atomic E-state index is 11.5. The molecule has 0 aliphatic carbocycles. The molecule has 1 radical (unpaired) electrons. The van der Waals surface area contributed by atoms with Crippen molar-refractivity contribution < 1.29 is 4.79 Å². The van der Waals surface area contributed by atoms with Gasteiger partial charge in [-0.1, -0.05) is 49.6 Å². The Morgan fingerprint density at radius 2 is 2.00 bits per heavy atom. The lowest BCUT2D eigenvalue weighted by molar-refractivity contribution is 0.0983. The van der Waals surface area contributed by atoms with Gasteiger partial charge in [0.15, 0.2) is 5.78 Å². The Morgan fingerprint density at radius 3 is 2.50 bits per heavy atom. The van der Waals surface area contributed by atoms with E-state index < -0.39 is 0 Å². The fraction of sp³-hybridized carbons (Fsp3) is 0.154. The summed E-state index contributed by atoms with van der Waals surface area (Å²) in [6, 6.07) is 7.39. The van der Waals surface area contributed by atoms with Crippen molar-refractivity contribution >= 4 is 11.9 Å². The first-order valence-corrected chi connectivity index (χ1v) is 4.57. The molecule has 1 rings (SSSR count). The highest BCUT2D eigenvalue weighted by Crippen LogP contribution is 2.08. The summed E-state index contributed by atoms with van der Waals surface area (Å²) in [4.78, 5) is 11.5. The Hall–Kier alpha value is -1.63. The molecule has 0 aromatic heterocycles. The highest BCUT2D eigenvalue weighted by molar-refractivity contribution is 5.96. The van der Waals surface area contributed by atoms with Crippen LogP contribution in [0.15, 0.2) is 36.9 Å². The molecular formula is C13H13O. The zero-order valence-corrected chi connectivity index (χ0v) is 8.07. The van der Waals surface area contributed by atoms with E-state index in [-0.39, 0.29) is 5.78 Å². The predicted octanol–water partition coefficient (Wildman–Crippen LogP) is 3.28. The van der Waals surface area contributed by atoms with Crippen LogP contribution in [-0.2, 0) is 0 Å². The van der Waals surface area contributed by atoms with Crippen molar-refractivity contribution in [2.45, 2.75) is 12.8 Å². The van der Waals surface area contributed by atoms with E-state index in [2.05, 4.69) is 6.58 Å². The molecule has 71 valence electrons. The summed E-state index contributed by atoms with van der Waals surface area (Å²) >= 11 is 0. The summed E-state index contributed by atoms with van der Waals surface area (Å²) in [6.07, 6.45) is 4.36. The largest absolute Gasteiger partial charge is 0.294 e. The van der Waals surface area contributed by atoms with Gasteiger partial charge in [0.05, 0.1) is 0 Å². The van der Waals surface area contributed by atoms with Gasteiger partial charge in [0, 0.05) is 12.0 Å². The second-order valence-corrected chi connectivity index (χ2v) is 3.02. The Morgan fingerprint density at radius 1 is 1.36 bits per heavy atom. The third kappa shape index (κ3) is 2.70. The van der Waals surface area contributed by atoms with E-state index in [4.69, 9.17) is 6.58 Å². The molecule has 1 aromatic rings. The molecule has 0 saturated carbocycles. The van der Waals surface area contributed by atoms with Crippen molar-refractivity contribution in [2.24, 2.45) is 0 Å². The molecular weight excluding hydrogens is 172 g/mol. The van der Waals surface area contributed by atoms with Gasteiger partial charge in [-0.3, -0.25) is 4.79 Å². The molecule has 0 aliphatic heterocycles. The van der Waals surface area contributed by atoms with Gasteiger partial charge in [-0.25, -0.2) is 0 Å². The SMILES string of the molecule is [CH]=CCCC(=O)c1ccc(C=C)cc1. The molecule has 1 heteroatoms. The lowest BCUT2D eigenvalue weighted by Crippen LogP contribution is -1.97. The van der Waals surface area contributed by atoms with Crippen LogP contribution in [0.25, 0.3) is 6.08 Å². The Bertz CT molecular complexity index is 333. The fourth-order valence-corrected chi connectivity index (χ4v) is 1.16. The standard InChI is InChI=1S/C13H13O/c1-3-5-6-13(14)12-9-7-11(4-2)8-10-12/h1,3-4,7-10H,2,5-6H2. The van der Waals surface area contributed by atoms with E-state index >= 15 is 0 Å².